The van der Waals surface area contributed by atoms with Crippen molar-refractivity contribution in [3.63, 3.8) is 0 Å². The Balaban J connectivity index is 2.64. The van der Waals surface area contributed by atoms with Gasteiger partial charge in [-0.2, -0.15) is 0 Å². The lowest BCUT2D eigenvalue weighted by Gasteiger charge is -2.15. The molecule has 0 fully saturated rings. The molecule has 1 heterocycles. The first kappa shape index (κ1) is 8.80. The third-order valence-electron chi connectivity index (χ3n) is 1.97. The summed E-state index contributed by atoms with van der Waals surface area (Å²) in [7, 11) is 0. The lowest BCUT2D eigenvalue weighted by molar-refractivity contribution is -0.119. The van der Waals surface area contributed by atoms with Gasteiger partial charge < -0.3 is 0 Å². The Morgan fingerprint density at radius 1 is 1.21 bits per heavy atom. The first-order chi connectivity index (χ1) is 6.58. The van der Waals surface area contributed by atoms with Crippen LogP contribution in [0.15, 0.2) is 12.1 Å². The molecular formula is C9H5F2NO2. The van der Waals surface area contributed by atoms with Crippen molar-refractivity contribution in [1.82, 2.24) is 5.32 Å². The number of benzene rings is 1. The van der Waals surface area contributed by atoms with Gasteiger partial charge in [0.2, 0.25) is 5.91 Å². The van der Waals surface area contributed by atoms with Gasteiger partial charge in [-0.15, -0.1) is 0 Å². The van der Waals surface area contributed by atoms with Crippen LogP contribution in [0.4, 0.5) is 8.78 Å². The monoisotopic (exact) mass is 197 g/mol. The van der Waals surface area contributed by atoms with E-state index in [1.165, 1.54) is 0 Å². The fraction of sp³-hybridized carbons (Fsp3) is 0.111. The van der Waals surface area contributed by atoms with Crippen molar-refractivity contribution in [2.45, 2.75) is 6.42 Å². The Morgan fingerprint density at radius 3 is 2.64 bits per heavy atom. The van der Waals surface area contributed by atoms with E-state index in [1.807, 2.05) is 5.32 Å². The first-order valence-corrected chi connectivity index (χ1v) is 3.90. The molecule has 3 nitrogen and oxygen atoms in total. The van der Waals surface area contributed by atoms with E-state index in [9.17, 15) is 18.4 Å². The van der Waals surface area contributed by atoms with Gasteiger partial charge in [-0.1, -0.05) is 0 Å². The Kier molecular flexibility index (Phi) is 1.80. The second-order valence-corrected chi connectivity index (χ2v) is 2.98. The van der Waals surface area contributed by atoms with Gasteiger partial charge in [0.15, 0.2) is 0 Å². The van der Waals surface area contributed by atoms with Crippen LogP contribution in [0.25, 0.3) is 0 Å². The zero-order valence-electron chi connectivity index (χ0n) is 6.93. The Bertz CT molecular complexity index is 443. The molecule has 1 aliphatic heterocycles. The number of halogens is 2. The van der Waals surface area contributed by atoms with Gasteiger partial charge >= 0.3 is 0 Å². The highest BCUT2D eigenvalue weighted by atomic mass is 19.1. The normalized spacial score (nSPS) is 15.0. The lowest BCUT2D eigenvalue weighted by Crippen LogP contribution is -2.38. The number of imide groups is 1. The number of hydrogen-bond acceptors (Lipinski definition) is 2. The summed E-state index contributed by atoms with van der Waals surface area (Å²) >= 11 is 0. The number of nitrogens with one attached hydrogen (secondary N) is 1. The van der Waals surface area contributed by atoms with Crippen LogP contribution in [0.5, 0.6) is 0 Å². The molecule has 1 N–H and O–H groups in total. The van der Waals surface area contributed by atoms with E-state index in [0.29, 0.717) is 6.07 Å². The summed E-state index contributed by atoms with van der Waals surface area (Å²) < 4.78 is 25.8. The van der Waals surface area contributed by atoms with Crippen molar-refractivity contribution in [2.75, 3.05) is 0 Å². The van der Waals surface area contributed by atoms with E-state index >= 15 is 0 Å². The standard InChI is InChI=1S/C9H5F2NO2/c10-5-1-4-2-7(13)12-9(14)8(4)6(11)3-5/h1,3H,2H2,(H,12,13,14). The molecule has 0 saturated carbocycles. The summed E-state index contributed by atoms with van der Waals surface area (Å²) in [5.74, 6) is -3.09. The van der Waals surface area contributed by atoms with Crippen molar-refractivity contribution in [1.29, 1.82) is 0 Å². The number of rotatable bonds is 0. The van der Waals surface area contributed by atoms with Crippen molar-refractivity contribution < 1.29 is 18.4 Å². The van der Waals surface area contributed by atoms with Crippen LogP contribution in [0, 0.1) is 11.6 Å². The summed E-state index contributed by atoms with van der Waals surface area (Å²) in [6.07, 6.45) is -0.171. The van der Waals surface area contributed by atoms with Gasteiger partial charge in [0.05, 0.1) is 12.0 Å². The summed E-state index contributed by atoms with van der Waals surface area (Å²) in [6.45, 7) is 0. The highest BCUT2D eigenvalue weighted by Gasteiger charge is 2.26. The summed E-state index contributed by atoms with van der Waals surface area (Å²) in [5.41, 5.74) is -0.151. The Morgan fingerprint density at radius 2 is 1.93 bits per heavy atom. The SMILES string of the molecule is O=C1Cc2cc(F)cc(F)c2C(=O)N1. The topological polar surface area (TPSA) is 46.2 Å². The molecule has 1 aromatic carbocycles. The van der Waals surface area contributed by atoms with E-state index in [2.05, 4.69) is 0 Å². The highest BCUT2D eigenvalue weighted by molar-refractivity contribution is 6.09. The second-order valence-electron chi connectivity index (χ2n) is 2.98. The maximum Gasteiger partial charge on any atom is 0.261 e. The minimum Gasteiger partial charge on any atom is -0.292 e. The summed E-state index contributed by atoms with van der Waals surface area (Å²) in [5, 5.41) is 1.96. The molecule has 1 aliphatic rings. The quantitative estimate of drug-likeness (QED) is 0.624. The average molecular weight is 197 g/mol. The van der Waals surface area contributed by atoms with E-state index in [0.717, 1.165) is 6.07 Å². The maximum absolute atomic E-state index is 13.1. The molecule has 0 unspecified atom stereocenters. The van der Waals surface area contributed by atoms with E-state index in [-0.39, 0.29) is 17.5 Å². The van der Waals surface area contributed by atoms with Crippen LogP contribution in [0.1, 0.15) is 15.9 Å². The maximum atomic E-state index is 13.1. The Hall–Kier alpha value is -1.78. The molecule has 5 heteroatoms. The molecule has 0 atom stereocenters. The van der Waals surface area contributed by atoms with E-state index in [4.69, 9.17) is 0 Å². The summed E-state index contributed by atoms with van der Waals surface area (Å²) in [4.78, 5) is 22.0. The van der Waals surface area contributed by atoms with Crippen LogP contribution in [-0.2, 0) is 11.2 Å². The van der Waals surface area contributed by atoms with Crippen molar-refractivity contribution in [3.8, 4) is 0 Å². The van der Waals surface area contributed by atoms with Crippen molar-refractivity contribution >= 4 is 11.8 Å². The summed E-state index contributed by atoms with van der Waals surface area (Å²) in [6, 6.07) is 1.61. The largest absolute Gasteiger partial charge is 0.292 e. The third kappa shape index (κ3) is 1.26. The van der Waals surface area contributed by atoms with Gasteiger partial charge in [0, 0.05) is 6.07 Å². The molecule has 0 aliphatic carbocycles. The molecule has 14 heavy (non-hydrogen) atoms. The van der Waals surface area contributed by atoms with Crippen LogP contribution in [0.2, 0.25) is 0 Å². The highest BCUT2D eigenvalue weighted by Crippen LogP contribution is 2.19. The van der Waals surface area contributed by atoms with Crippen molar-refractivity contribution in [3.05, 3.63) is 34.9 Å². The number of carbonyl (C=O) groups is 2. The fourth-order valence-electron chi connectivity index (χ4n) is 1.43. The number of amides is 2. The average Bonchev–Trinajstić information content (AvgIpc) is 1.99. The molecule has 0 bridgehead atoms. The van der Waals surface area contributed by atoms with Gasteiger partial charge in [-0.25, -0.2) is 8.78 Å². The number of carbonyl (C=O) groups excluding carboxylic acids is 2. The predicted octanol–water partition coefficient (Wildman–Crippen LogP) is 0.777. The zero-order valence-corrected chi connectivity index (χ0v) is 6.93. The predicted molar refractivity (Wildman–Crippen MR) is 42.5 cm³/mol. The minimum atomic E-state index is -0.940. The number of hydrogen-bond donors (Lipinski definition) is 1. The van der Waals surface area contributed by atoms with Gasteiger partial charge in [-0.05, 0) is 11.6 Å². The molecule has 72 valence electrons. The Labute approximate surface area is 77.7 Å². The molecule has 0 radical (unpaired) electrons. The molecule has 2 rings (SSSR count). The zero-order chi connectivity index (χ0) is 10.3. The van der Waals surface area contributed by atoms with E-state index in [1.54, 1.807) is 0 Å². The minimum absolute atomic E-state index is 0.0938. The molecule has 0 spiro atoms. The van der Waals surface area contributed by atoms with E-state index < -0.39 is 23.4 Å². The lowest BCUT2D eigenvalue weighted by atomic mass is 9.99. The van der Waals surface area contributed by atoms with Crippen LogP contribution in [0.3, 0.4) is 0 Å². The van der Waals surface area contributed by atoms with Gasteiger partial charge in [0.25, 0.3) is 5.91 Å². The fourth-order valence-corrected chi connectivity index (χ4v) is 1.43. The molecule has 2 amide bonds. The van der Waals surface area contributed by atoms with Crippen LogP contribution in [-0.4, -0.2) is 11.8 Å². The van der Waals surface area contributed by atoms with Crippen LogP contribution >= 0.6 is 0 Å². The number of fused-ring (bicyclic) bond motifs is 1. The second kappa shape index (κ2) is 2.87. The third-order valence-corrected chi connectivity index (χ3v) is 1.97. The smallest absolute Gasteiger partial charge is 0.261 e. The van der Waals surface area contributed by atoms with Crippen molar-refractivity contribution in [2.24, 2.45) is 0 Å². The molecule has 0 aromatic heterocycles. The molecule has 1 aromatic rings. The molecule has 0 saturated heterocycles. The molecular weight excluding hydrogens is 192 g/mol. The van der Waals surface area contributed by atoms with Gasteiger partial charge in [-0.3, -0.25) is 14.9 Å². The van der Waals surface area contributed by atoms with Crippen LogP contribution < -0.4 is 5.32 Å². The van der Waals surface area contributed by atoms with Gasteiger partial charge in [0.1, 0.15) is 11.6 Å². The first-order valence-electron chi connectivity index (χ1n) is 3.90.